The molecule has 0 aromatic rings. The van der Waals surface area contributed by atoms with Crippen LogP contribution >= 0.6 is 0 Å². The Morgan fingerprint density at radius 2 is 1.22 bits per heavy atom. The molecule has 0 aliphatic carbocycles. The Morgan fingerprint density at radius 3 is 1.61 bits per heavy atom. The van der Waals surface area contributed by atoms with Gasteiger partial charge >= 0.3 is 23.1 Å². The van der Waals surface area contributed by atoms with Gasteiger partial charge in [-0.05, 0) is 6.42 Å². The fourth-order valence-electron chi connectivity index (χ4n) is 1.75. The Labute approximate surface area is 128 Å². The maximum absolute atomic E-state index is 10.1. The van der Waals surface area contributed by atoms with Gasteiger partial charge in [0.15, 0.2) is 0 Å². The van der Waals surface area contributed by atoms with Crippen molar-refractivity contribution in [2.24, 2.45) is 0 Å². The number of rotatable bonds is 12. The van der Waals surface area contributed by atoms with E-state index in [0.29, 0.717) is 6.42 Å². The molecule has 0 amide bonds. The average Bonchev–Trinajstić information content (AvgIpc) is 2.24. The summed E-state index contributed by atoms with van der Waals surface area (Å²) >= 11 is 0. The van der Waals surface area contributed by atoms with Crippen LogP contribution in [0.5, 0.6) is 0 Å². The van der Waals surface area contributed by atoms with Gasteiger partial charge in [-0.3, -0.25) is 4.18 Å². The maximum Gasteiger partial charge on any atom is 2.00 e. The van der Waals surface area contributed by atoms with Gasteiger partial charge in [0, 0.05) is 0 Å². The van der Waals surface area contributed by atoms with Crippen LogP contribution in [-0.4, -0.2) is 42.6 Å². The topological polar surface area (TPSA) is 66.4 Å². The van der Waals surface area contributed by atoms with Gasteiger partial charge in [-0.15, -0.1) is 0 Å². The standard InChI is InChI=1S/C12H26O4S.Mg/c1-2-3-4-5-6-7-8-9-10-11-12-16-17(13,14)15;/h2-12H2,1H3,(H,13,14,15);/q;+2/p-1. The SMILES string of the molecule is CCCCCCCCCCCCOS(=O)(=O)[O-].[Mg+2]. The van der Waals surface area contributed by atoms with Gasteiger partial charge in [0.2, 0.25) is 10.4 Å². The van der Waals surface area contributed by atoms with Crippen molar-refractivity contribution in [2.45, 2.75) is 71.1 Å². The van der Waals surface area contributed by atoms with Crippen molar-refractivity contribution in [1.29, 1.82) is 0 Å². The molecule has 0 spiro atoms. The molecule has 0 bridgehead atoms. The van der Waals surface area contributed by atoms with Crippen molar-refractivity contribution in [3.8, 4) is 0 Å². The summed E-state index contributed by atoms with van der Waals surface area (Å²) in [6.45, 7) is 2.24. The molecule has 0 N–H and O–H groups in total. The first kappa shape index (κ1) is 20.9. The van der Waals surface area contributed by atoms with E-state index >= 15 is 0 Å². The van der Waals surface area contributed by atoms with Gasteiger partial charge in [0.25, 0.3) is 0 Å². The van der Waals surface area contributed by atoms with Crippen LogP contribution < -0.4 is 0 Å². The van der Waals surface area contributed by atoms with Crippen LogP contribution in [0.1, 0.15) is 71.1 Å². The first-order valence-corrected chi connectivity index (χ1v) is 8.00. The van der Waals surface area contributed by atoms with Crippen molar-refractivity contribution < 1.29 is 17.2 Å². The summed E-state index contributed by atoms with van der Waals surface area (Å²) in [4.78, 5) is 0. The van der Waals surface area contributed by atoms with Crippen molar-refractivity contribution >= 4 is 33.5 Å². The minimum Gasteiger partial charge on any atom is -0.726 e. The Balaban J connectivity index is 0. The molecule has 0 saturated carbocycles. The third-order valence-electron chi connectivity index (χ3n) is 2.73. The van der Waals surface area contributed by atoms with E-state index in [9.17, 15) is 13.0 Å². The van der Waals surface area contributed by atoms with E-state index in [1.807, 2.05) is 0 Å². The largest absolute Gasteiger partial charge is 2.00 e. The van der Waals surface area contributed by atoms with Gasteiger partial charge in [0.1, 0.15) is 0 Å². The molecule has 0 unspecified atom stereocenters. The second-order valence-corrected chi connectivity index (χ2v) is 5.46. The molecular weight excluding hydrogens is 264 g/mol. The number of unbranched alkanes of at least 4 members (excludes halogenated alkanes) is 9. The van der Waals surface area contributed by atoms with E-state index in [4.69, 9.17) is 0 Å². The molecule has 0 aromatic carbocycles. The molecule has 104 valence electrons. The average molecular weight is 290 g/mol. The van der Waals surface area contributed by atoms with Crippen LogP contribution in [0.4, 0.5) is 0 Å². The summed E-state index contributed by atoms with van der Waals surface area (Å²) in [5.74, 6) is 0. The summed E-state index contributed by atoms with van der Waals surface area (Å²) < 4.78 is 34.5. The van der Waals surface area contributed by atoms with Crippen LogP contribution in [-0.2, 0) is 14.6 Å². The summed E-state index contributed by atoms with van der Waals surface area (Å²) in [6, 6.07) is 0. The zero-order valence-corrected chi connectivity index (χ0v) is 13.8. The predicted octanol–water partition coefficient (Wildman–Crippen LogP) is 3.00. The minimum atomic E-state index is -4.48. The summed E-state index contributed by atoms with van der Waals surface area (Å²) in [7, 11) is -4.48. The van der Waals surface area contributed by atoms with Gasteiger partial charge < -0.3 is 4.55 Å². The Bertz CT molecular complexity index is 255. The smallest absolute Gasteiger partial charge is 0.726 e. The molecule has 0 fully saturated rings. The van der Waals surface area contributed by atoms with Crippen molar-refractivity contribution in [2.75, 3.05) is 6.61 Å². The van der Waals surface area contributed by atoms with E-state index in [2.05, 4.69) is 11.1 Å². The van der Waals surface area contributed by atoms with Gasteiger partial charge in [-0.25, -0.2) is 8.42 Å². The van der Waals surface area contributed by atoms with E-state index in [1.54, 1.807) is 0 Å². The minimum absolute atomic E-state index is 0. The molecule has 0 atom stereocenters. The maximum atomic E-state index is 10.1. The summed E-state index contributed by atoms with van der Waals surface area (Å²) in [6.07, 6.45) is 11.7. The Hall–Kier alpha value is 0.636. The molecular formula is C12H25MgO4S+. The normalized spacial score (nSPS) is 11.2. The molecule has 0 saturated heterocycles. The summed E-state index contributed by atoms with van der Waals surface area (Å²) in [5.41, 5.74) is 0. The van der Waals surface area contributed by atoms with E-state index in [0.717, 1.165) is 12.8 Å². The molecule has 6 heteroatoms. The third-order valence-corrected chi connectivity index (χ3v) is 3.18. The van der Waals surface area contributed by atoms with Crippen molar-refractivity contribution in [1.82, 2.24) is 0 Å². The van der Waals surface area contributed by atoms with Gasteiger partial charge in [-0.2, -0.15) is 0 Å². The van der Waals surface area contributed by atoms with Crippen LogP contribution in [0.3, 0.4) is 0 Å². The van der Waals surface area contributed by atoms with Gasteiger partial charge in [-0.1, -0.05) is 64.7 Å². The first-order chi connectivity index (χ1) is 8.06. The zero-order valence-electron chi connectivity index (χ0n) is 11.5. The molecule has 0 radical (unpaired) electrons. The van der Waals surface area contributed by atoms with Crippen molar-refractivity contribution in [3.05, 3.63) is 0 Å². The van der Waals surface area contributed by atoms with Crippen molar-refractivity contribution in [3.63, 3.8) is 0 Å². The van der Waals surface area contributed by atoms with Crippen LogP contribution in [0, 0.1) is 0 Å². The first-order valence-electron chi connectivity index (χ1n) is 6.66. The molecule has 0 aliphatic rings. The molecule has 0 aliphatic heterocycles. The van der Waals surface area contributed by atoms with E-state index in [-0.39, 0.29) is 29.7 Å². The quantitative estimate of drug-likeness (QED) is 0.240. The summed E-state index contributed by atoms with van der Waals surface area (Å²) in [5, 5.41) is 0. The van der Waals surface area contributed by atoms with Gasteiger partial charge in [0.05, 0.1) is 6.61 Å². The third kappa shape index (κ3) is 19.0. The molecule has 4 nitrogen and oxygen atoms in total. The second kappa shape index (κ2) is 14.1. The van der Waals surface area contributed by atoms with Crippen LogP contribution in [0.25, 0.3) is 0 Å². The fraction of sp³-hybridized carbons (Fsp3) is 1.00. The zero-order chi connectivity index (χ0) is 13.0. The predicted molar refractivity (Wildman–Crippen MR) is 73.2 cm³/mol. The second-order valence-electron chi connectivity index (χ2n) is 4.41. The fourth-order valence-corrected chi connectivity index (χ4v) is 2.07. The Morgan fingerprint density at radius 1 is 0.833 bits per heavy atom. The molecule has 0 rings (SSSR count). The molecule has 0 aromatic heterocycles. The van der Waals surface area contributed by atoms with Crippen LogP contribution in [0.2, 0.25) is 0 Å². The molecule has 18 heavy (non-hydrogen) atoms. The van der Waals surface area contributed by atoms with Crippen LogP contribution in [0.15, 0.2) is 0 Å². The van der Waals surface area contributed by atoms with E-state index in [1.165, 1.54) is 44.9 Å². The number of hydrogen-bond donors (Lipinski definition) is 0. The number of hydrogen-bond acceptors (Lipinski definition) is 4. The monoisotopic (exact) mass is 289 g/mol. The van der Waals surface area contributed by atoms with E-state index < -0.39 is 10.4 Å². The Kier molecular flexibility index (Phi) is 16.4. The molecule has 0 heterocycles.